The summed E-state index contributed by atoms with van der Waals surface area (Å²) in [7, 11) is 1.61. The first-order chi connectivity index (χ1) is 25.6. The molecule has 4 aromatic rings. The number of pyridine rings is 1. The average molecular weight is 764 g/mol. The van der Waals surface area contributed by atoms with E-state index in [4.69, 9.17) is 31.8 Å². The number of hydrogen-bond acceptors (Lipinski definition) is 10. The van der Waals surface area contributed by atoms with Crippen molar-refractivity contribution in [3.63, 3.8) is 0 Å². The van der Waals surface area contributed by atoms with Gasteiger partial charge in [0.25, 0.3) is 0 Å². The molecule has 3 aliphatic heterocycles. The van der Waals surface area contributed by atoms with E-state index in [1.165, 1.54) is 12.1 Å². The Morgan fingerprint density at radius 2 is 2.00 bits per heavy atom. The molecule has 0 bridgehead atoms. The fraction of sp³-hybridized carbons (Fsp3) is 0.474. The molecule has 10 nitrogen and oxygen atoms in total. The molecule has 3 unspecified atom stereocenters. The molecule has 2 aromatic carbocycles. The van der Waals surface area contributed by atoms with E-state index in [-0.39, 0.29) is 102 Å². The number of nitrogens with two attached hydrogens (primary N) is 1. The normalized spacial score (nSPS) is 24.3. The first-order valence-corrected chi connectivity index (χ1v) is 19.1. The van der Waals surface area contributed by atoms with Crippen LogP contribution in [0.5, 0.6) is 11.6 Å². The number of thiophene rings is 1. The highest BCUT2D eigenvalue weighted by Crippen LogP contribution is 2.53. The zero-order chi connectivity index (χ0) is 37.2. The van der Waals surface area contributed by atoms with E-state index in [9.17, 15) is 19.7 Å². The van der Waals surface area contributed by atoms with Crippen molar-refractivity contribution in [3.8, 4) is 34.9 Å². The molecular weight excluding hydrogens is 727 g/mol. The van der Waals surface area contributed by atoms with Crippen molar-refractivity contribution in [2.75, 3.05) is 50.5 Å². The molecule has 53 heavy (non-hydrogen) atoms. The van der Waals surface area contributed by atoms with Gasteiger partial charge < -0.3 is 25.4 Å². The van der Waals surface area contributed by atoms with Crippen molar-refractivity contribution in [1.29, 1.82) is 10.5 Å². The number of rotatable bonds is 6. The number of alkyl halides is 1. The van der Waals surface area contributed by atoms with E-state index < -0.39 is 23.3 Å². The molecule has 2 aromatic heterocycles. The lowest BCUT2D eigenvalue weighted by Crippen LogP contribution is -2.44. The third-order valence-corrected chi connectivity index (χ3v) is 12.9. The van der Waals surface area contributed by atoms with Gasteiger partial charge in [-0.05, 0) is 56.7 Å². The molecular formula is C38H37ClF3N7O3S. The molecule has 0 spiro atoms. The lowest BCUT2D eigenvalue weighted by molar-refractivity contribution is -0.125. The smallest absolute Gasteiger partial charge is 0.234 e. The zero-order valence-corrected chi connectivity index (χ0v) is 30.6. The lowest BCUT2D eigenvalue weighted by Gasteiger charge is -2.40. The van der Waals surface area contributed by atoms with Crippen LogP contribution in [0.3, 0.4) is 0 Å². The Morgan fingerprint density at radius 3 is 2.77 bits per heavy atom. The Morgan fingerprint density at radius 1 is 1.19 bits per heavy atom. The molecule has 276 valence electrons. The minimum absolute atomic E-state index is 0.00611. The Hall–Kier alpha value is -4.50. The largest absolute Gasteiger partial charge is 0.491 e. The molecule has 3 fully saturated rings. The Balaban J connectivity index is 1.39. The summed E-state index contributed by atoms with van der Waals surface area (Å²) < 4.78 is 60.3. The van der Waals surface area contributed by atoms with Gasteiger partial charge in [-0.25, -0.2) is 18.2 Å². The van der Waals surface area contributed by atoms with Crippen molar-refractivity contribution >= 4 is 60.5 Å². The topological polar surface area (TPSA) is 141 Å². The zero-order valence-electron chi connectivity index (χ0n) is 29.0. The van der Waals surface area contributed by atoms with Gasteiger partial charge in [-0.3, -0.25) is 9.69 Å². The van der Waals surface area contributed by atoms with Gasteiger partial charge in [0.15, 0.2) is 5.82 Å². The Labute approximate surface area is 313 Å². The molecule has 1 amide bonds. The maximum atomic E-state index is 17.6. The average Bonchev–Trinajstić information content (AvgIpc) is 3.80. The number of aromatic nitrogens is 1. The first kappa shape index (κ1) is 35.5. The van der Waals surface area contributed by atoms with E-state index in [0.29, 0.717) is 38.0 Å². The molecule has 5 heterocycles. The van der Waals surface area contributed by atoms with Gasteiger partial charge in [-0.2, -0.15) is 10.5 Å². The fourth-order valence-corrected chi connectivity index (χ4v) is 10.4. The number of nitrogens with zero attached hydrogens (tertiary/aromatic N) is 5. The molecule has 1 saturated carbocycles. The van der Waals surface area contributed by atoms with Crippen LogP contribution >= 0.6 is 22.9 Å². The lowest BCUT2D eigenvalue weighted by atomic mass is 9.83. The van der Waals surface area contributed by atoms with Crippen LogP contribution in [0.15, 0.2) is 12.1 Å². The number of ether oxygens (including phenoxy) is 2. The van der Waals surface area contributed by atoms with E-state index in [1.54, 1.807) is 7.05 Å². The highest BCUT2D eigenvalue weighted by Gasteiger charge is 2.49. The quantitative estimate of drug-likeness (QED) is 0.208. The van der Waals surface area contributed by atoms with Crippen LogP contribution in [0.4, 0.5) is 23.9 Å². The maximum Gasteiger partial charge on any atom is 0.234 e. The molecule has 4 atom stereocenters. The number of amides is 1. The van der Waals surface area contributed by atoms with Crippen molar-refractivity contribution in [2.24, 2.45) is 5.92 Å². The molecule has 3 N–H and O–H groups in total. The minimum atomic E-state index is -1.01. The van der Waals surface area contributed by atoms with Crippen LogP contribution in [-0.2, 0) is 4.79 Å². The van der Waals surface area contributed by atoms with Crippen molar-refractivity contribution in [1.82, 2.24) is 15.2 Å². The van der Waals surface area contributed by atoms with E-state index in [0.717, 1.165) is 43.6 Å². The molecule has 0 radical (unpaired) electrons. The molecule has 4 aliphatic rings. The van der Waals surface area contributed by atoms with Crippen LogP contribution in [-0.4, -0.2) is 73.4 Å². The molecule has 1 aliphatic carbocycles. The van der Waals surface area contributed by atoms with Crippen LogP contribution in [0.1, 0.15) is 62.5 Å². The molecule has 15 heteroatoms. The van der Waals surface area contributed by atoms with Crippen molar-refractivity contribution in [2.45, 2.75) is 69.1 Å². The Kier molecular flexibility index (Phi) is 9.20. The van der Waals surface area contributed by atoms with E-state index >= 15 is 8.78 Å². The first-order valence-electron chi connectivity index (χ1n) is 17.9. The van der Waals surface area contributed by atoms with Gasteiger partial charge in [0.1, 0.15) is 52.6 Å². The number of nitrogen functional groups attached to an aromatic ring is 1. The van der Waals surface area contributed by atoms with Crippen molar-refractivity contribution < 1.29 is 27.4 Å². The standard InChI is InChI=1S/C38H37ClF3N7O3S/c1-46-36(50)19-5-2-6-21(13-19)49-11-4-12-51-33-28-31(30(42)27(29(33)39)22-7-8-25(41)34-26(22)23(15-43)35(45)53-34)47-37(24(16-44)32(28)49)52-18-38-9-3-10-48(38)17-20(40)14-38/h7-8,19-21H,2-6,9-14,17-18,45H2,1H3,(H,46,50)/t19?,20-,21?,38?/m1/s1. The summed E-state index contributed by atoms with van der Waals surface area (Å²) in [4.78, 5) is 21.7. The summed E-state index contributed by atoms with van der Waals surface area (Å²) in [5, 5.41) is 23.9. The highest BCUT2D eigenvalue weighted by atomic mass is 35.5. The van der Waals surface area contributed by atoms with E-state index in [2.05, 4.69) is 21.2 Å². The number of carbonyl (C=O) groups is 1. The number of carbonyl (C=O) groups excluding carboxylic acids is 1. The SMILES string of the molecule is CNC(=O)C1CCCC(N2CCCOc3c(Cl)c(-c4ccc(F)c5sc(N)c(C#N)c45)c(F)c4nc(OCC56CCCN5C[C@H](F)C6)c(C#N)c2c34)C1. The van der Waals surface area contributed by atoms with Gasteiger partial charge in [-0.1, -0.05) is 24.1 Å². The van der Waals surface area contributed by atoms with E-state index in [1.807, 2.05) is 6.07 Å². The van der Waals surface area contributed by atoms with Gasteiger partial charge in [-0.15, -0.1) is 11.3 Å². The van der Waals surface area contributed by atoms with Crippen LogP contribution in [0.2, 0.25) is 5.02 Å². The second-order valence-electron chi connectivity index (χ2n) is 14.5. The highest BCUT2D eigenvalue weighted by molar-refractivity contribution is 7.23. The summed E-state index contributed by atoms with van der Waals surface area (Å²) in [5.74, 6) is -1.84. The summed E-state index contributed by atoms with van der Waals surface area (Å²) in [6, 6.07) is 6.66. The minimum Gasteiger partial charge on any atom is -0.491 e. The number of nitriles is 2. The van der Waals surface area contributed by atoms with Crippen molar-refractivity contribution in [3.05, 3.63) is 39.9 Å². The number of fused-ring (bicyclic) bond motifs is 2. The summed E-state index contributed by atoms with van der Waals surface area (Å²) >= 11 is 8.03. The van der Waals surface area contributed by atoms with Gasteiger partial charge in [0.2, 0.25) is 11.8 Å². The molecule has 8 rings (SSSR count). The Bertz CT molecular complexity index is 2260. The monoisotopic (exact) mass is 763 g/mol. The summed E-state index contributed by atoms with van der Waals surface area (Å²) in [6.45, 7) is 1.70. The van der Waals surface area contributed by atoms with Crippen LogP contribution in [0, 0.1) is 40.2 Å². The maximum absolute atomic E-state index is 17.6. The number of hydrogen-bond donors (Lipinski definition) is 2. The van der Waals surface area contributed by atoms with Crippen LogP contribution < -0.4 is 25.4 Å². The predicted octanol–water partition coefficient (Wildman–Crippen LogP) is 7.22. The van der Waals surface area contributed by atoms with Gasteiger partial charge in [0, 0.05) is 49.5 Å². The second-order valence-corrected chi connectivity index (χ2v) is 15.9. The number of nitrogens with one attached hydrogen (secondary N) is 1. The second kappa shape index (κ2) is 13.7. The molecule has 2 saturated heterocycles. The third kappa shape index (κ3) is 5.69. The summed E-state index contributed by atoms with van der Waals surface area (Å²) in [6.07, 6.45) is 4.08. The van der Waals surface area contributed by atoms with Gasteiger partial charge >= 0.3 is 0 Å². The fourth-order valence-electron chi connectivity index (χ4n) is 9.16. The number of benzene rings is 2. The number of halogens is 4. The third-order valence-electron chi connectivity index (χ3n) is 11.5. The summed E-state index contributed by atoms with van der Waals surface area (Å²) in [5.41, 5.74) is 5.73. The van der Waals surface area contributed by atoms with Crippen LogP contribution in [0.25, 0.3) is 32.1 Å². The van der Waals surface area contributed by atoms with Gasteiger partial charge in [0.05, 0.1) is 38.5 Å². The predicted molar refractivity (Wildman–Crippen MR) is 197 cm³/mol. The number of anilines is 2.